The van der Waals surface area contributed by atoms with Gasteiger partial charge in [0.05, 0.1) is 19.9 Å². The molecule has 2 aromatic carbocycles. The number of carbonyl (C=O) groups is 1. The van der Waals surface area contributed by atoms with Crippen molar-refractivity contribution in [2.24, 2.45) is 0 Å². The Hall–Kier alpha value is -2.65. The third kappa shape index (κ3) is 2.92. The number of urea groups is 1. The lowest BCUT2D eigenvalue weighted by molar-refractivity contribution is 0.262. The molecule has 2 amide bonds. The Morgan fingerprint density at radius 3 is 2.56 bits per heavy atom. The molecule has 0 spiro atoms. The lowest BCUT2D eigenvalue weighted by Crippen LogP contribution is -2.20. The summed E-state index contributed by atoms with van der Waals surface area (Å²) in [6.45, 7) is 1.92. The molecule has 0 bridgehead atoms. The first-order valence-electron chi connectivity index (χ1n) is 7.20. The average Bonchev–Trinajstić information content (AvgIpc) is 3.12. The number of rotatable bonds is 2. The van der Waals surface area contributed by atoms with Crippen LogP contribution in [0.25, 0.3) is 20.4 Å². The van der Waals surface area contributed by atoms with E-state index >= 15 is 0 Å². The number of hydrogen-bond acceptors (Lipinski definition) is 5. The average molecular weight is 376 g/mol. The summed E-state index contributed by atoms with van der Waals surface area (Å²) in [5.74, 6) is -1.70. The van der Waals surface area contributed by atoms with E-state index in [9.17, 15) is 13.6 Å². The summed E-state index contributed by atoms with van der Waals surface area (Å²) in [5.41, 5.74) is 1.04. The maximum Gasteiger partial charge on any atom is 0.325 e. The molecule has 9 heteroatoms. The van der Waals surface area contributed by atoms with Crippen molar-refractivity contribution in [2.75, 3.05) is 10.6 Å². The lowest BCUT2D eigenvalue weighted by atomic mass is 10.3. The first-order chi connectivity index (χ1) is 12.0. The number of nitrogens with one attached hydrogen (secondary N) is 2. The van der Waals surface area contributed by atoms with Crippen LogP contribution in [0.15, 0.2) is 30.3 Å². The van der Waals surface area contributed by atoms with Gasteiger partial charge in [0.25, 0.3) is 0 Å². The molecule has 0 aliphatic rings. The van der Waals surface area contributed by atoms with Crippen LogP contribution in [0, 0.1) is 18.6 Å². The summed E-state index contributed by atoms with van der Waals surface area (Å²) in [4.78, 5) is 20.8. The summed E-state index contributed by atoms with van der Waals surface area (Å²) < 4.78 is 29.1. The number of aromatic nitrogens is 2. The van der Waals surface area contributed by atoms with E-state index in [0.717, 1.165) is 32.1 Å². The van der Waals surface area contributed by atoms with E-state index in [1.807, 2.05) is 19.1 Å². The Kier molecular flexibility index (Phi) is 3.81. The van der Waals surface area contributed by atoms with Gasteiger partial charge in [-0.05, 0) is 31.2 Å². The Morgan fingerprint density at radius 2 is 1.80 bits per heavy atom. The minimum atomic E-state index is -0.848. The normalized spacial score (nSPS) is 11.2. The highest BCUT2D eigenvalue weighted by molar-refractivity contribution is 7.24. The largest absolute Gasteiger partial charge is 0.325 e. The molecule has 4 aromatic rings. The van der Waals surface area contributed by atoms with Crippen LogP contribution in [0.4, 0.5) is 24.4 Å². The van der Waals surface area contributed by atoms with Crippen molar-refractivity contribution in [3.63, 3.8) is 0 Å². The number of aryl methyl sites for hydroxylation is 1. The third-order valence-electron chi connectivity index (χ3n) is 3.44. The van der Waals surface area contributed by atoms with Gasteiger partial charge in [-0.3, -0.25) is 5.32 Å². The number of amides is 2. The van der Waals surface area contributed by atoms with Crippen LogP contribution in [0.2, 0.25) is 0 Å². The predicted octanol–water partition coefficient (Wildman–Crippen LogP) is 5.14. The topological polar surface area (TPSA) is 66.9 Å². The van der Waals surface area contributed by atoms with Crippen LogP contribution in [0.5, 0.6) is 0 Å². The second-order valence-electron chi connectivity index (χ2n) is 5.19. The smallest absolute Gasteiger partial charge is 0.302 e. The second kappa shape index (κ2) is 6.01. The predicted molar refractivity (Wildman–Crippen MR) is 96.5 cm³/mol. The molecule has 0 aliphatic heterocycles. The summed E-state index contributed by atoms with van der Waals surface area (Å²) >= 11 is 2.84. The zero-order valence-electron chi connectivity index (χ0n) is 12.8. The van der Waals surface area contributed by atoms with Crippen molar-refractivity contribution in [1.29, 1.82) is 0 Å². The Balaban J connectivity index is 1.62. The minimum Gasteiger partial charge on any atom is -0.302 e. The number of thiazole rings is 2. The van der Waals surface area contributed by atoms with E-state index in [0.29, 0.717) is 10.6 Å². The van der Waals surface area contributed by atoms with Gasteiger partial charge in [-0.2, -0.15) is 0 Å². The molecule has 2 heterocycles. The number of nitrogens with zero attached hydrogens (tertiary/aromatic N) is 2. The molecule has 2 N–H and O–H groups in total. The van der Waals surface area contributed by atoms with Gasteiger partial charge in [0, 0.05) is 0 Å². The van der Waals surface area contributed by atoms with E-state index in [1.165, 1.54) is 17.4 Å². The molecular weight excluding hydrogens is 366 g/mol. The molecule has 2 aromatic heterocycles. The minimum absolute atomic E-state index is 0.322. The molecule has 25 heavy (non-hydrogen) atoms. The number of anilines is 2. The van der Waals surface area contributed by atoms with Gasteiger partial charge in [-0.25, -0.2) is 23.5 Å². The third-order valence-corrected chi connectivity index (χ3v) is 5.37. The van der Waals surface area contributed by atoms with Gasteiger partial charge in [0.15, 0.2) is 5.13 Å². The zero-order valence-corrected chi connectivity index (χ0v) is 14.4. The van der Waals surface area contributed by atoms with E-state index in [-0.39, 0.29) is 0 Å². The second-order valence-corrected chi connectivity index (χ2v) is 7.42. The lowest BCUT2D eigenvalue weighted by Gasteiger charge is -2.07. The van der Waals surface area contributed by atoms with E-state index in [4.69, 9.17) is 0 Å². The van der Waals surface area contributed by atoms with Crippen LogP contribution in [-0.4, -0.2) is 16.0 Å². The van der Waals surface area contributed by atoms with E-state index < -0.39 is 23.4 Å². The molecule has 4 rings (SSSR count). The maximum absolute atomic E-state index is 13.6. The SMILES string of the molecule is Cc1nc2c(ccc3nc(NC(=O)Nc4c(F)cccc4F)sc32)s1. The molecule has 0 saturated heterocycles. The van der Waals surface area contributed by atoms with Crippen molar-refractivity contribution in [2.45, 2.75) is 6.92 Å². The standard InChI is InChI=1S/C16H10F2N4OS2/c1-7-19-13-11(24-7)6-5-10-14(13)25-16(20-10)22-15(23)21-12-8(17)3-2-4-9(12)18/h2-6H,1H3,(H2,20,21,22,23). The van der Waals surface area contributed by atoms with Crippen molar-refractivity contribution in [3.8, 4) is 0 Å². The summed E-state index contributed by atoms with van der Waals surface area (Å²) in [5, 5.41) is 5.94. The Morgan fingerprint density at radius 1 is 1.04 bits per heavy atom. The summed E-state index contributed by atoms with van der Waals surface area (Å²) in [6, 6.07) is 6.37. The van der Waals surface area contributed by atoms with Crippen LogP contribution in [0.1, 0.15) is 5.01 Å². The van der Waals surface area contributed by atoms with Crippen molar-refractivity contribution >= 4 is 60.0 Å². The van der Waals surface area contributed by atoms with Gasteiger partial charge in [-0.15, -0.1) is 11.3 Å². The number of para-hydroxylation sites is 1. The molecule has 5 nitrogen and oxygen atoms in total. The maximum atomic E-state index is 13.6. The molecule has 0 atom stereocenters. The monoisotopic (exact) mass is 376 g/mol. The molecular formula is C16H10F2N4OS2. The fraction of sp³-hybridized carbons (Fsp3) is 0.0625. The van der Waals surface area contributed by atoms with Crippen LogP contribution in [0.3, 0.4) is 0 Å². The first-order valence-corrected chi connectivity index (χ1v) is 8.83. The highest BCUT2D eigenvalue weighted by atomic mass is 32.1. The molecule has 0 saturated carbocycles. The first kappa shape index (κ1) is 15.9. The van der Waals surface area contributed by atoms with Crippen molar-refractivity contribution < 1.29 is 13.6 Å². The number of fused-ring (bicyclic) bond motifs is 3. The van der Waals surface area contributed by atoms with Crippen molar-refractivity contribution in [1.82, 2.24) is 9.97 Å². The Bertz CT molecular complexity index is 1100. The van der Waals surface area contributed by atoms with E-state index in [2.05, 4.69) is 20.6 Å². The van der Waals surface area contributed by atoms with Crippen LogP contribution >= 0.6 is 22.7 Å². The molecule has 126 valence electrons. The highest BCUT2D eigenvalue weighted by Crippen LogP contribution is 2.34. The number of hydrogen-bond donors (Lipinski definition) is 2. The zero-order chi connectivity index (χ0) is 17.6. The number of carbonyl (C=O) groups excluding carboxylic acids is 1. The van der Waals surface area contributed by atoms with Gasteiger partial charge >= 0.3 is 6.03 Å². The van der Waals surface area contributed by atoms with Gasteiger partial charge in [-0.1, -0.05) is 17.4 Å². The van der Waals surface area contributed by atoms with Gasteiger partial charge in [0.2, 0.25) is 0 Å². The molecule has 0 fully saturated rings. The van der Waals surface area contributed by atoms with Gasteiger partial charge in [0.1, 0.15) is 22.8 Å². The highest BCUT2D eigenvalue weighted by Gasteiger charge is 2.15. The molecule has 0 aliphatic carbocycles. The molecule has 0 radical (unpaired) electrons. The summed E-state index contributed by atoms with van der Waals surface area (Å²) in [7, 11) is 0. The summed E-state index contributed by atoms with van der Waals surface area (Å²) in [6.07, 6.45) is 0. The van der Waals surface area contributed by atoms with Gasteiger partial charge < -0.3 is 5.32 Å². The van der Waals surface area contributed by atoms with Crippen molar-refractivity contribution in [3.05, 3.63) is 47.0 Å². The fourth-order valence-corrected chi connectivity index (χ4v) is 4.25. The Labute approximate surface area is 148 Å². The quantitative estimate of drug-likeness (QED) is 0.509. The number of halogens is 2. The molecule has 0 unspecified atom stereocenters. The van der Waals surface area contributed by atoms with Crippen LogP contribution < -0.4 is 10.6 Å². The van der Waals surface area contributed by atoms with E-state index in [1.54, 1.807) is 11.3 Å². The van der Waals surface area contributed by atoms with Crippen LogP contribution in [-0.2, 0) is 0 Å². The fourth-order valence-electron chi connectivity index (χ4n) is 2.40. The number of benzene rings is 2.